The maximum Gasteiger partial charge on any atom is 0.239 e. The second-order valence-electron chi connectivity index (χ2n) is 6.77. The van der Waals surface area contributed by atoms with Gasteiger partial charge in [0.2, 0.25) is 11.8 Å². The number of pyridine rings is 1. The first-order valence-corrected chi connectivity index (χ1v) is 9.39. The number of ketones is 1. The number of hydrogen-bond acceptors (Lipinski definition) is 5. The highest BCUT2D eigenvalue weighted by atomic mass is 16.2. The lowest BCUT2D eigenvalue weighted by molar-refractivity contribution is -0.130. The fourth-order valence-electron chi connectivity index (χ4n) is 3.17. The zero-order valence-electron chi connectivity index (χ0n) is 15.6. The van der Waals surface area contributed by atoms with Crippen LogP contribution < -0.4 is 16.0 Å². The highest BCUT2D eigenvalue weighted by molar-refractivity contribution is 5.92. The second-order valence-corrected chi connectivity index (χ2v) is 6.77. The Balaban J connectivity index is 1.58. The van der Waals surface area contributed by atoms with Crippen LogP contribution in [0.2, 0.25) is 0 Å². The Morgan fingerprint density at radius 3 is 2.64 bits per heavy atom. The number of piperidine rings is 1. The Morgan fingerprint density at radius 1 is 1.14 bits per heavy atom. The molecule has 7 nitrogen and oxygen atoms in total. The van der Waals surface area contributed by atoms with Crippen molar-refractivity contribution in [3.63, 3.8) is 0 Å². The fourth-order valence-corrected chi connectivity index (χ4v) is 3.17. The van der Waals surface area contributed by atoms with Crippen molar-refractivity contribution < 1.29 is 14.4 Å². The number of hydrogen-bond donors (Lipinski definition) is 3. The van der Waals surface area contributed by atoms with Crippen LogP contribution in [0.3, 0.4) is 0 Å². The van der Waals surface area contributed by atoms with Gasteiger partial charge in [-0.2, -0.15) is 0 Å². The fraction of sp³-hybridized carbons (Fsp3) is 0.333. The largest absolute Gasteiger partial charge is 0.347 e. The molecule has 1 aromatic carbocycles. The summed E-state index contributed by atoms with van der Waals surface area (Å²) in [5.74, 6) is -0.563. The Hall–Kier alpha value is -3.06. The molecule has 2 atom stereocenters. The number of aromatic nitrogens is 1. The average Bonchev–Trinajstić information content (AvgIpc) is 2.73. The Labute approximate surface area is 163 Å². The highest BCUT2D eigenvalue weighted by Crippen LogP contribution is 2.17. The summed E-state index contributed by atoms with van der Waals surface area (Å²) in [6, 6.07) is 14.5. The van der Waals surface area contributed by atoms with Crippen LogP contribution in [0.1, 0.15) is 30.1 Å². The van der Waals surface area contributed by atoms with E-state index in [1.54, 1.807) is 6.20 Å². The van der Waals surface area contributed by atoms with Crippen molar-refractivity contribution in [2.45, 2.75) is 31.3 Å². The van der Waals surface area contributed by atoms with Gasteiger partial charge in [0, 0.05) is 37.7 Å². The molecule has 1 aromatic heterocycles. The van der Waals surface area contributed by atoms with E-state index in [0.717, 1.165) is 11.3 Å². The van der Waals surface area contributed by atoms with Crippen LogP contribution in [-0.2, 0) is 20.8 Å². The monoisotopic (exact) mass is 380 g/mol. The number of Topliss-reactive ketones (excluding diaryl/α,β-unsaturated/α-hetero) is 1. The quantitative estimate of drug-likeness (QED) is 0.663. The molecule has 146 valence electrons. The zero-order chi connectivity index (χ0) is 19.8. The first-order chi connectivity index (χ1) is 13.6. The molecule has 0 spiro atoms. The van der Waals surface area contributed by atoms with Gasteiger partial charge in [0.25, 0.3) is 0 Å². The topological polar surface area (TPSA) is 100 Å². The number of amides is 2. The van der Waals surface area contributed by atoms with Crippen LogP contribution in [0.25, 0.3) is 0 Å². The molecule has 1 unspecified atom stereocenters. The Kier molecular flexibility index (Phi) is 6.86. The Bertz CT molecular complexity index is 811. The first-order valence-electron chi connectivity index (χ1n) is 9.39. The molecular formula is C21H24N4O3. The molecule has 0 aliphatic carbocycles. The number of rotatable bonds is 7. The normalized spacial score (nSPS) is 17.6. The predicted octanol–water partition coefficient (Wildman–Crippen LogP) is 0.919. The van der Waals surface area contributed by atoms with Crippen molar-refractivity contribution in [2.24, 2.45) is 0 Å². The van der Waals surface area contributed by atoms with Crippen molar-refractivity contribution in [2.75, 3.05) is 13.1 Å². The summed E-state index contributed by atoms with van der Waals surface area (Å²) in [5, 5.41) is 8.58. The summed E-state index contributed by atoms with van der Waals surface area (Å²) in [7, 11) is 0. The van der Waals surface area contributed by atoms with E-state index in [2.05, 4.69) is 20.9 Å². The summed E-state index contributed by atoms with van der Waals surface area (Å²) in [6.07, 6.45) is 2.87. The van der Waals surface area contributed by atoms with Gasteiger partial charge in [0.05, 0.1) is 18.6 Å². The smallest absolute Gasteiger partial charge is 0.239 e. The summed E-state index contributed by atoms with van der Waals surface area (Å²) >= 11 is 0. The third-order valence-corrected chi connectivity index (χ3v) is 4.64. The lowest BCUT2D eigenvalue weighted by Crippen LogP contribution is -2.51. The number of carbonyl (C=O) groups excluding carboxylic acids is 3. The summed E-state index contributed by atoms with van der Waals surface area (Å²) in [4.78, 5) is 40.4. The van der Waals surface area contributed by atoms with Crippen molar-refractivity contribution >= 4 is 17.6 Å². The van der Waals surface area contributed by atoms with E-state index in [4.69, 9.17) is 0 Å². The highest BCUT2D eigenvalue weighted by Gasteiger charge is 2.25. The first kappa shape index (κ1) is 19.7. The van der Waals surface area contributed by atoms with E-state index in [-0.39, 0.29) is 36.6 Å². The number of nitrogens with one attached hydrogen (secondary N) is 3. The molecule has 1 aliphatic rings. The van der Waals surface area contributed by atoms with Gasteiger partial charge in [0.1, 0.15) is 5.78 Å². The van der Waals surface area contributed by atoms with Crippen molar-refractivity contribution in [1.82, 2.24) is 20.9 Å². The summed E-state index contributed by atoms with van der Waals surface area (Å²) in [5.41, 5.74) is 1.83. The molecule has 3 N–H and O–H groups in total. The van der Waals surface area contributed by atoms with Crippen LogP contribution in [0.15, 0.2) is 54.7 Å². The molecule has 0 radical (unpaired) electrons. The van der Waals surface area contributed by atoms with Crippen LogP contribution in [0.4, 0.5) is 0 Å². The summed E-state index contributed by atoms with van der Waals surface area (Å²) < 4.78 is 0. The van der Waals surface area contributed by atoms with Gasteiger partial charge in [-0.1, -0.05) is 36.4 Å². The van der Waals surface area contributed by atoms with Crippen molar-refractivity contribution in [1.29, 1.82) is 0 Å². The van der Waals surface area contributed by atoms with Gasteiger partial charge >= 0.3 is 0 Å². The molecule has 2 heterocycles. The van der Waals surface area contributed by atoms with E-state index in [1.807, 2.05) is 48.5 Å². The minimum atomic E-state index is -0.563. The van der Waals surface area contributed by atoms with Gasteiger partial charge in [-0.25, -0.2) is 0 Å². The molecule has 2 aromatic rings. The molecule has 0 saturated carbocycles. The second kappa shape index (κ2) is 9.75. The van der Waals surface area contributed by atoms with Crippen LogP contribution in [0.5, 0.6) is 0 Å². The SMILES string of the molecule is O=C1CCN[C@@H](C(=O)NCC(=O)NC(Cc2ccccn2)c2ccccc2)C1. The minimum Gasteiger partial charge on any atom is -0.347 e. The van der Waals surface area contributed by atoms with E-state index < -0.39 is 6.04 Å². The molecule has 1 saturated heterocycles. The third kappa shape index (κ3) is 5.72. The number of nitrogens with zero attached hydrogens (tertiary/aromatic N) is 1. The molecule has 1 aliphatic heterocycles. The lowest BCUT2D eigenvalue weighted by atomic mass is 10.0. The predicted molar refractivity (Wildman–Crippen MR) is 104 cm³/mol. The van der Waals surface area contributed by atoms with Gasteiger partial charge in [-0.15, -0.1) is 0 Å². The van der Waals surface area contributed by atoms with Gasteiger partial charge in [0.15, 0.2) is 0 Å². The van der Waals surface area contributed by atoms with Crippen LogP contribution in [-0.4, -0.2) is 41.7 Å². The molecule has 28 heavy (non-hydrogen) atoms. The maximum absolute atomic E-state index is 12.4. The average molecular weight is 380 g/mol. The lowest BCUT2D eigenvalue weighted by Gasteiger charge is -2.22. The van der Waals surface area contributed by atoms with Crippen molar-refractivity contribution in [3.8, 4) is 0 Å². The van der Waals surface area contributed by atoms with Crippen molar-refractivity contribution in [3.05, 3.63) is 66.0 Å². The van der Waals surface area contributed by atoms with E-state index in [9.17, 15) is 14.4 Å². The van der Waals surface area contributed by atoms with E-state index in [0.29, 0.717) is 19.4 Å². The molecule has 7 heteroatoms. The maximum atomic E-state index is 12.4. The molecular weight excluding hydrogens is 356 g/mol. The number of carbonyl (C=O) groups is 3. The minimum absolute atomic E-state index is 0.0582. The standard InChI is InChI=1S/C21H24N4O3/c26-17-9-11-23-19(13-17)21(28)24-14-20(27)25-18(15-6-2-1-3-7-15)12-16-8-4-5-10-22-16/h1-8,10,18-19,23H,9,11-14H2,(H,24,28)(H,25,27)/t18?,19-/m1/s1. The Morgan fingerprint density at radius 2 is 1.93 bits per heavy atom. The van der Waals surface area contributed by atoms with Crippen LogP contribution in [0, 0.1) is 0 Å². The number of benzene rings is 1. The molecule has 3 rings (SSSR count). The molecule has 2 amide bonds. The van der Waals surface area contributed by atoms with Crippen LogP contribution >= 0.6 is 0 Å². The van der Waals surface area contributed by atoms with Gasteiger partial charge in [-0.3, -0.25) is 19.4 Å². The molecule has 1 fully saturated rings. The van der Waals surface area contributed by atoms with E-state index in [1.165, 1.54) is 0 Å². The van der Waals surface area contributed by atoms with E-state index >= 15 is 0 Å². The van der Waals surface area contributed by atoms with Gasteiger partial charge < -0.3 is 16.0 Å². The summed E-state index contributed by atoms with van der Waals surface area (Å²) in [6.45, 7) is 0.347. The van der Waals surface area contributed by atoms with Gasteiger partial charge in [-0.05, 0) is 17.7 Å². The third-order valence-electron chi connectivity index (χ3n) is 4.64. The molecule has 0 bridgehead atoms. The zero-order valence-corrected chi connectivity index (χ0v) is 15.6.